The number of nitrogens with zero attached hydrogens (tertiary/aromatic N) is 2. The van der Waals surface area contributed by atoms with Gasteiger partial charge in [0.25, 0.3) is 0 Å². The van der Waals surface area contributed by atoms with E-state index in [2.05, 4.69) is 15.2 Å². The standard InChI is InChI=1S/C12H14N4O/c1-8-5-11(16-15-8)12(17)10(13)6-9-3-2-4-14-7-9/h2-5,7,10H,6,13H2,1H3,(H,15,16). The Kier molecular flexibility index (Phi) is 3.30. The highest BCUT2D eigenvalue weighted by Crippen LogP contribution is 2.06. The summed E-state index contributed by atoms with van der Waals surface area (Å²) in [4.78, 5) is 15.9. The second-order valence-electron chi connectivity index (χ2n) is 3.97. The first-order valence-corrected chi connectivity index (χ1v) is 5.37. The number of nitrogens with two attached hydrogens (primary N) is 1. The van der Waals surface area contributed by atoms with Crippen LogP contribution in [0.15, 0.2) is 30.6 Å². The van der Waals surface area contributed by atoms with E-state index in [1.54, 1.807) is 18.5 Å². The maximum absolute atomic E-state index is 11.9. The fourth-order valence-electron chi connectivity index (χ4n) is 1.60. The van der Waals surface area contributed by atoms with Gasteiger partial charge in [0.05, 0.1) is 6.04 Å². The van der Waals surface area contributed by atoms with Crippen LogP contribution in [0.1, 0.15) is 21.7 Å². The normalized spacial score (nSPS) is 12.4. The van der Waals surface area contributed by atoms with Gasteiger partial charge in [-0.15, -0.1) is 0 Å². The molecule has 0 aliphatic heterocycles. The van der Waals surface area contributed by atoms with Crippen LogP contribution in [0.3, 0.4) is 0 Å². The van der Waals surface area contributed by atoms with Gasteiger partial charge in [-0.25, -0.2) is 0 Å². The number of hydrogen-bond donors (Lipinski definition) is 2. The third kappa shape index (κ3) is 2.76. The first-order valence-electron chi connectivity index (χ1n) is 5.37. The topological polar surface area (TPSA) is 84.7 Å². The zero-order valence-electron chi connectivity index (χ0n) is 9.55. The van der Waals surface area contributed by atoms with Crippen LogP contribution in [0.4, 0.5) is 0 Å². The molecule has 0 aromatic carbocycles. The first-order chi connectivity index (χ1) is 8.16. The Morgan fingerprint density at radius 1 is 1.59 bits per heavy atom. The van der Waals surface area contributed by atoms with Crippen LogP contribution < -0.4 is 5.73 Å². The van der Waals surface area contributed by atoms with Crippen LogP contribution in [0.2, 0.25) is 0 Å². The zero-order valence-corrected chi connectivity index (χ0v) is 9.55. The third-order valence-corrected chi connectivity index (χ3v) is 2.47. The number of H-pyrrole nitrogens is 1. The van der Waals surface area contributed by atoms with Gasteiger partial charge in [-0.1, -0.05) is 6.07 Å². The number of ketones is 1. The first kappa shape index (κ1) is 11.5. The number of aromatic amines is 1. The highest BCUT2D eigenvalue weighted by Gasteiger charge is 2.18. The summed E-state index contributed by atoms with van der Waals surface area (Å²) in [6.07, 6.45) is 3.87. The van der Waals surface area contributed by atoms with Gasteiger partial charge in [0.1, 0.15) is 5.69 Å². The third-order valence-electron chi connectivity index (χ3n) is 2.47. The monoisotopic (exact) mass is 230 g/mol. The molecule has 0 radical (unpaired) electrons. The molecule has 0 saturated carbocycles. The molecule has 88 valence electrons. The number of rotatable bonds is 4. The number of aromatic nitrogens is 3. The van der Waals surface area contributed by atoms with Crippen molar-refractivity contribution in [3.8, 4) is 0 Å². The van der Waals surface area contributed by atoms with Crippen molar-refractivity contribution in [2.24, 2.45) is 5.73 Å². The molecule has 2 rings (SSSR count). The molecule has 0 aliphatic carbocycles. The lowest BCUT2D eigenvalue weighted by atomic mass is 10.0. The Hall–Kier alpha value is -2.01. The van der Waals surface area contributed by atoms with E-state index in [9.17, 15) is 4.79 Å². The van der Waals surface area contributed by atoms with E-state index in [0.29, 0.717) is 12.1 Å². The number of aryl methyl sites for hydroxylation is 1. The van der Waals surface area contributed by atoms with Crippen LogP contribution in [-0.2, 0) is 6.42 Å². The summed E-state index contributed by atoms with van der Waals surface area (Å²) < 4.78 is 0. The van der Waals surface area contributed by atoms with Crippen molar-refractivity contribution in [3.63, 3.8) is 0 Å². The van der Waals surface area contributed by atoms with Gasteiger partial charge < -0.3 is 5.73 Å². The van der Waals surface area contributed by atoms with Crippen molar-refractivity contribution in [2.75, 3.05) is 0 Å². The molecule has 1 unspecified atom stereocenters. The average molecular weight is 230 g/mol. The summed E-state index contributed by atoms with van der Waals surface area (Å²) in [7, 11) is 0. The van der Waals surface area contributed by atoms with E-state index in [4.69, 9.17) is 5.73 Å². The largest absolute Gasteiger partial charge is 0.321 e. The van der Waals surface area contributed by atoms with Gasteiger partial charge >= 0.3 is 0 Å². The van der Waals surface area contributed by atoms with E-state index in [-0.39, 0.29) is 5.78 Å². The molecule has 3 N–H and O–H groups in total. The van der Waals surface area contributed by atoms with Crippen molar-refractivity contribution in [3.05, 3.63) is 47.5 Å². The van der Waals surface area contributed by atoms with Gasteiger partial charge in [0.15, 0.2) is 5.78 Å². The molecule has 2 aromatic heterocycles. The summed E-state index contributed by atoms with van der Waals surface area (Å²) in [6, 6.07) is 4.84. The van der Waals surface area contributed by atoms with E-state index in [1.807, 2.05) is 19.1 Å². The van der Waals surface area contributed by atoms with Gasteiger partial charge in [-0.05, 0) is 31.0 Å². The number of nitrogens with one attached hydrogen (secondary N) is 1. The molecule has 0 aliphatic rings. The lowest BCUT2D eigenvalue weighted by molar-refractivity contribution is 0.0956. The smallest absolute Gasteiger partial charge is 0.200 e. The Morgan fingerprint density at radius 3 is 3.00 bits per heavy atom. The molecule has 0 amide bonds. The van der Waals surface area contributed by atoms with Crippen molar-refractivity contribution < 1.29 is 4.79 Å². The van der Waals surface area contributed by atoms with Crippen molar-refractivity contribution >= 4 is 5.78 Å². The van der Waals surface area contributed by atoms with Gasteiger partial charge in [-0.2, -0.15) is 5.10 Å². The fraction of sp³-hybridized carbons (Fsp3) is 0.250. The molecule has 17 heavy (non-hydrogen) atoms. The predicted octanol–water partition coefficient (Wildman–Crippen LogP) is 0.866. The highest BCUT2D eigenvalue weighted by molar-refractivity contribution is 5.98. The molecule has 2 aromatic rings. The van der Waals surface area contributed by atoms with Crippen LogP contribution in [0, 0.1) is 6.92 Å². The van der Waals surface area contributed by atoms with E-state index < -0.39 is 6.04 Å². The second kappa shape index (κ2) is 4.88. The van der Waals surface area contributed by atoms with Gasteiger partial charge in [0.2, 0.25) is 0 Å². The average Bonchev–Trinajstić information content (AvgIpc) is 2.76. The van der Waals surface area contributed by atoms with Crippen LogP contribution in [0.25, 0.3) is 0 Å². The van der Waals surface area contributed by atoms with Gasteiger partial charge in [-0.3, -0.25) is 14.9 Å². The van der Waals surface area contributed by atoms with Crippen LogP contribution in [-0.4, -0.2) is 27.0 Å². The van der Waals surface area contributed by atoms with Gasteiger partial charge in [0, 0.05) is 18.1 Å². The molecular formula is C12H14N4O. The highest BCUT2D eigenvalue weighted by atomic mass is 16.1. The minimum Gasteiger partial charge on any atom is -0.321 e. The summed E-state index contributed by atoms with van der Waals surface area (Å²) in [5.74, 6) is -0.154. The molecule has 5 nitrogen and oxygen atoms in total. The quantitative estimate of drug-likeness (QED) is 0.763. The van der Waals surface area contributed by atoms with Crippen LogP contribution >= 0.6 is 0 Å². The summed E-state index contributed by atoms with van der Waals surface area (Å²) in [5.41, 5.74) is 8.04. The number of hydrogen-bond acceptors (Lipinski definition) is 4. The maximum Gasteiger partial charge on any atom is 0.200 e. The van der Waals surface area contributed by atoms with Crippen molar-refractivity contribution in [1.29, 1.82) is 0 Å². The molecule has 0 spiro atoms. The lowest BCUT2D eigenvalue weighted by Gasteiger charge is -2.08. The molecule has 5 heteroatoms. The minimum atomic E-state index is -0.582. The van der Waals surface area contributed by atoms with Crippen molar-refractivity contribution in [2.45, 2.75) is 19.4 Å². The summed E-state index contributed by atoms with van der Waals surface area (Å²) in [5, 5.41) is 6.64. The summed E-state index contributed by atoms with van der Waals surface area (Å²) in [6.45, 7) is 1.84. The number of Topliss-reactive ketones (excluding diaryl/α,β-unsaturated/α-hetero) is 1. The Bertz CT molecular complexity index is 506. The molecule has 2 heterocycles. The minimum absolute atomic E-state index is 0.154. The Labute approximate surface area is 99.1 Å². The van der Waals surface area contributed by atoms with E-state index in [0.717, 1.165) is 11.3 Å². The van der Waals surface area contributed by atoms with Crippen molar-refractivity contribution in [1.82, 2.24) is 15.2 Å². The Morgan fingerprint density at radius 2 is 2.41 bits per heavy atom. The lowest BCUT2D eigenvalue weighted by Crippen LogP contribution is -2.33. The number of carbonyl (C=O) groups excluding carboxylic acids is 1. The zero-order chi connectivity index (χ0) is 12.3. The summed E-state index contributed by atoms with van der Waals surface area (Å²) >= 11 is 0. The molecular weight excluding hydrogens is 216 g/mol. The molecule has 0 saturated heterocycles. The van der Waals surface area contributed by atoms with E-state index in [1.165, 1.54) is 0 Å². The SMILES string of the molecule is Cc1cc(C(=O)C(N)Cc2cccnc2)n[nH]1. The Balaban J connectivity index is 2.06. The van der Waals surface area contributed by atoms with Crippen LogP contribution in [0.5, 0.6) is 0 Å². The second-order valence-corrected chi connectivity index (χ2v) is 3.97. The molecule has 1 atom stereocenters. The predicted molar refractivity (Wildman–Crippen MR) is 63.6 cm³/mol. The fourth-order valence-corrected chi connectivity index (χ4v) is 1.60. The molecule has 0 bridgehead atoms. The number of carbonyl (C=O) groups is 1. The maximum atomic E-state index is 11.9. The number of pyridine rings is 1. The molecule has 0 fully saturated rings. The van der Waals surface area contributed by atoms with E-state index >= 15 is 0 Å².